The van der Waals surface area contributed by atoms with Crippen LogP contribution in [-0.4, -0.2) is 74.6 Å². The Morgan fingerprint density at radius 1 is 0.704 bits per heavy atom. The number of nitrogens with zero attached hydrogens (tertiary/aromatic N) is 7. The molecule has 0 radical (unpaired) electrons. The largest absolute Gasteiger partial charge is 0.369 e. The fraction of sp³-hybridized carbons (Fsp3) is 0.222. The van der Waals surface area contributed by atoms with E-state index in [1.54, 1.807) is 49.9 Å². The summed E-state index contributed by atoms with van der Waals surface area (Å²) in [6.45, 7) is 2.05. The molecule has 7 rings (SSSR count). The number of primary amides is 1. The highest BCUT2D eigenvalue weighted by Gasteiger charge is 2.37. The molecule has 18 heteroatoms. The van der Waals surface area contributed by atoms with Crippen LogP contribution in [0, 0.1) is 5.92 Å². The van der Waals surface area contributed by atoms with E-state index in [4.69, 9.17) is 52.1 Å². The Morgan fingerprint density at radius 3 is 1.63 bits per heavy atom. The average molecular weight is 939 g/mol. The van der Waals surface area contributed by atoms with Gasteiger partial charge in [0.15, 0.2) is 5.82 Å². The van der Waals surface area contributed by atoms with Gasteiger partial charge in [0.2, 0.25) is 5.91 Å². The molecule has 5 aromatic rings. The third kappa shape index (κ3) is 9.65. The Hall–Kier alpha value is -3.92. The van der Waals surface area contributed by atoms with Crippen molar-refractivity contribution < 1.29 is 14.4 Å². The van der Waals surface area contributed by atoms with Crippen LogP contribution in [0.1, 0.15) is 22.9 Å². The Morgan fingerprint density at radius 2 is 1.19 bits per heavy atom. The molecule has 280 valence electrons. The van der Waals surface area contributed by atoms with Crippen LogP contribution in [0.5, 0.6) is 0 Å². The van der Waals surface area contributed by atoms with Gasteiger partial charge in [-0.15, -0.1) is 10.2 Å². The molecule has 12 nitrogen and oxygen atoms in total. The van der Waals surface area contributed by atoms with Crippen LogP contribution >= 0.6 is 78.3 Å². The van der Waals surface area contributed by atoms with Crippen LogP contribution in [-0.2, 0) is 17.9 Å². The van der Waals surface area contributed by atoms with Crippen molar-refractivity contribution in [1.82, 2.24) is 30.4 Å². The number of urea groups is 2. The van der Waals surface area contributed by atoms with Gasteiger partial charge in [0, 0.05) is 79.7 Å². The van der Waals surface area contributed by atoms with Crippen molar-refractivity contribution in [3.8, 4) is 0 Å². The second-order valence-electron chi connectivity index (χ2n) is 12.5. The molecule has 4 aromatic carbocycles. The number of nitrogens with two attached hydrogens (primary N) is 1. The first-order valence-corrected chi connectivity index (χ1v) is 19.5. The molecule has 0 spiro atoms. The van der Waals surface area contributed by atoms with Gasteiger partial charge in [0.05, 0.1) is 11.8 Å². The number of carbonyl (C=O) groups excluding carboxylic acids is 3. The van der Waals surface area contributed by atoms with Gasteiger partial charge < -0.3 is 15.5 Å². The minimum Gasteiger partial charge on any atom is -0.369 e. The van der Waals surface area contributed by atoms with E-state index < -0.39 is 11.8 Å². The Kier molecular flexibility index (Phi) is 13.0. The molecule has 54 heavy (non-hydrogen) atoms. The highest BCUT2D eigenvalue weighted by atomic mass is 79.9. The van der Waals surface area contributed by atoms with Gasteiger partial charge in [-0.1, -0.05) is 95.6 Å². The number of carbonyl (C=O) groups is 3. The first kappa shape index (κ1) is 39.8. The lowest BCUT2D eigenvalue weighted by atomic mass is 10.0. The molecular weight excluding hydrogens is 908 g/mol. The lowest BCUT2D eigenvalue weighted by Crippen LogP contribution is -2.56. The number of amides is 5. The predicted molar refractivity (Wildman–Crippen MR) is 217 cm³/mol. The van der Waals surface area contributed by atoms with E-state index in [0.717, 1.165) is 25.8 Å². The Balaban J connectivity index is 0.000000185. The number of H-pyrrole nitrogens is 1. The lowest BCUT2D eigenvalue weighted by molar-refractivity contribution is -0.122. The number of tetrazole rings is 1. The van der Waals surface area contributed by atoms with E-state index in [0.29, 0.717) is 51.2 Å². The van der Waals surface area contributed by atoms with Crippen LogP contribution in [0.3, 0.4) is 0 Å². The molecule has 2 aliphatic heterocycles. The normalized spacial score (nSPS) is 17.4. The van der Waals surface area contributed by atoms with E-state index in [-0.39, 0.29) is 37.6 Å². The smallest absolute Gasteiger partial charge is 0.324 e. The molecule has 2 aliphatic rings. The van der Waals surface area contributed by atoms with Crippen LogP contribution in [0.15, 0.2) is 93.9 Å². The maximum atomic E-state index is 13.2. The summed E-state index contributed by atoms with van der Waals surface area (Å²) in [6.07, 6.45) is 0. The van der Waals surface area contributed by atoms with E-state index in [9.17, 15) is 14.4 Å². The molecule has 5 amide bonds. The third-order valence-corrected chi connectivity index (χ3v) is 11.1. The van der Waals surface area contributed by atoms with Gasteiger partial charge in [0.25, 0.3) is 0 Å². The highest BCUT2D eigenvalue weighted by molar-refractivity contribution is 9.10. The minimum absolute atomic E-state index is 0.0915. The van der Waals surface area contributed by atoms with Gasteiger partial charge in [0.1, 0.15) is 0 Å². The summed E-state index contributed by atoms with van der Waals surface area (Å²) in [5.74, 6) is -0.428. The summed E-state index contributed by atoms with van der Waals surface area (Å²) in [6, 6.07) is 25.0. The monoisotopic (exact) mass is 935 g/mol. The molecule has 3 N–H and O–H groups in total. The molecular formula is C36H31Br2Cl4N9O3. The summed E-state index contributed by atoms with van der Waals surface area (Å²) in [5.41, 5.74) is 8.61. The second kappa shape index (κ2) is 17.7. The number of nitrogens with one attached hydrogen (secondary N) is 1. The molecule has 2 atom stereocenters. The average Bonchev–Trinajstić information content (AvgIpc) is 3.69. The molecule has 3 heterocycles. The van der Waals surface area contributed by atoms with Gasteiger partial charge in [-0.25, -0.2) is 9.59 Å². The summed E-state index contributed by atoms with van der Waals surface area (Å²) < 4.78 is 1.85. The summed E-state index contributed by atoms with van der Waals surface area (Å²) in [4.78, 5) is 44.6. The maximum absolute atomic E-state index is 13.2. The van der Waals surface area contributed by atoms with Crippen molar-refractivity contribution >= 4 is 108 Å². The van der Waals surface area contributed by atoms with Crippen LogP contribution in [0.4, 0.5) is 21.0 Å². The summed E-state index contributed by atoms with van der Waals surface area (Å²) in [7, 11) is 0. The second-order valence-corrected chi connectivity index (χ2v) is 16.1. The zero-order valence-electron chi connectivity index (χ0n) is 28.2. The van der Waals surface area contributed by atoms with Gasteiger partial charge in [-0.2, -0.15) is 5.21 Å². The maximum Gasteiger partial charge on any atom is 0.324 e. The molecule has 0 saturated carbocycles. The number of rotatable bonds is 8. The zero-order valence-corrected chi connectivity index (χ0v) is 34.4. The van der Waals surface area contributed by atoms with Crippen LogP contribution in [0.2, 0.25) is 20.1 Å². The van der Waals surface area contributed by atoms with Crippen molar-refractivity contribution in [1.29, 1.82) is 0 Å². The first-order chi connectivity index (χ1) is 25.9. The van der Waals surface area contributed by atoms with Crippen molar-refractivity contribution in [2.45, 2.75) is 19.0 Å². The van der Waals surface area contributed by atoms with Crippen LogP contribution < -0.4 is 15.5 Å². The van der Waals surface area contributed by atoms with E-state index in [1.807, 2.05) is 54.6 Å². The van der Waals surface area contributed by atoms with Crippen molar-refractivity contribution in [2.75, 3.05) is 36.0 Å². The van der Waals surface area contributed by atoms with Crippen molar-refractivity contribution in [2.24, 2.45) is 11.7 Å². The topological polar surface area (TPSA) is 145 Å². The van der Waals surface area contributed by atoms with Crippen LogP contribution in [0.25, 0.3) is 0 Å². The highest BCUT2D eigenvalue weighted by Crippen LogP contribution is 2.31. The molecule has 2 fully saturated rings. The number of anilines is 2. The molecule has 2 saturated heterocycles. The summed E-state index contributed by atoms with van der Waals surface area (Å²) in [5, 5.41) is 16.5. The quantitative estimate of drug-likeness (QED) is 0.159. The standard InChI is InChI=1S/C18H15BrCl2N6O.C18H16BrCl2N3O2/c19-13-2-5-15(6-3-13)27-10-12(17-22-24-25-23-17)9-26(18(27)28)8-11-1-4-14(20)7-16(11)21;19-13-2-5-15(6-3-13)24-10-12(17(22)25)9-23(18(24)26)8-11-1-4-14(20)7-16(11)21/h1-7,12H,8-10H2,(H,22,23,24,25);1-7,12H,8-10H2,(H2,22,25). The van der Waals surface area contributed by atoms with Gasteiger partial charge >= 0.3 is 12.1 Å². The lowest BCUT2D eigenvalue weighted by Gasteiger charge is -2.39. The van der Waals surface area contributed by atoms with E-state index in [1.165, 1.54) is 0 Å². The molecule has 0 aliphatic carbocycles. The molecule has 2 unspecified atom stereocenters. The number of halogens is 6. The third-order valence-electron chi connectivity index (χ3n) is 8.85. The fourth-order valence-corrected chi connectivity index (χ4v) is 7.54. The van der Waals surface area contributed by atoms with Crippen molar-refractivity contribution in [3.05, 3.63) is 131 Å². The number of benzene rings is 4. The Labute approximate surface area is 347 Å². The van der Waals surface area contributed by atoms with Crippen molar-refractivity contribution in [3.63, 3.8) is 0 Å². The number of aromatic amines is 1. The van der Waals surface area contributed by atoms with Gasteiger partial charge in [-0.3, -0.25) is 14.6 Å². The van der Waals surface area contributed by atoms with E-state index >= 15 is 0 Å². The Bertz CT molecular complexity index is 2130. The van der Waals surface area contributed by atoms with E-state index in [2.05, 4.69) is 52.5 Å². The summed E-state index contributed by atoms with van der Waals surface area (Å²) >= 11 is 31.3. The number of aromatic nitrogens is 4. The zero-order chi connectivity index (χ0) is 38.5. The fourth-order valence-electron chi connectivity index (χ4n) is 6.08. The number of hydrogen-bond donors (Lipinski definition) is 2. The van der Waals surface area contributed by atoms with Gasteiger partial charge in [-0.05, 0) is 83.9 Å². The predicted octanol–water partition coefficient (Wildman–Crippen LogP) is 8.79. The minimum atomic E-state index is -0.470. The SMILES string of the molecule is NC(=O)C1CN(Cc2ccc(Cl)cc2Cl)C(=O)N(c2ccc(Br)cc2)C1.O=C1N(Cc2ccc(Cl)cc2Cl)CC(c2nn[nH]n2)CN1c1ccc(Br)cc1. The number of hydrogen-bond acceptors (Lipinski definition) is 6. The molecule has 0 bridgehead atoms. The molecule has 1 aromatic heterocycles. The first-order valence-electron chi connectivity index (χ1n) is 16.4.